The molecule has 1 saturated carbocycles. The predicted octanol–water partition coefficient (Wildman–Crippen LogP) is 2.25. The van der Waals surface area contributed by atoms with E-state index in [0.717, 1.165) is 31.8 Å². The molecule has 1 atom stereocenters. The lowest BCUT2D eigenvalue weighted by atomic mass is 10.1. The first-order valence-electron chi connectivity index (χ1n) is 10.5. The molecular formula is C22H32N4O2. The maximum Gasteiger partial charge on any atom is 0.119 e. The Hall–Kier alpha value is -1.89. The molecule has 6 nitrogen and oxygen atoms in total. The van der Waals surface area contributed by atoms with E-state index in [1.54, 1.807) is 0 Å². The molecule has 2 aliphatic rings. The van der Waals surface area contributed by atoms with Gasteiger partial charge < -0.3 is 19.7 Å². The number of hydrogen-bond acceptors (Lipinski definition) is 5. The van der Waals surface area contributed by atoms with Gasteiger partial charge in [0.05, 0.1) is 17.7 Å². The second-order valence-corrected chi connectivity index (χ2v) is 8.21. The first-order chi connectivity index (χ1) is 13.7. The minimum Gasteiger partial charge on any atom is -0.491 e. The maximum atomic E-state index is 10.4. The summed E-state index contributed by atoms with van der Waals surface area (Å²) in [6.07, 6.45) is 7.59. The number of aryl methyl sites for hydroxylation is 1. The van der Waals surface area contributed by atoms with Crippen LogP contribution in [0.3, 0.4) is 0 Å². The summed E-state index contributed by atoms with van der Waals surface area (Å²) in [6, 6.07) is 8.87. The van der Waals surface area contributed by atoms with Crippen LogP contribution in [0.2, 0.25) is 0 Å². The number of rotatable bonds is 8. The van der Waals surface area contributed by atoms with Crippen molar-refractivity contribution in [2.24, 2.45) is 7.05 Å². The summed E-state index contributed by atoms with van der Waals surface area (Å²) in [6.45, 7) is 3.58. The molecule has 0 bridgehead atoms. The molecule has 0 spiro atoms. The molecule has 1 aromatic carbocycles. The smallest absolute Gasteiger partial charge is 0.119 e. The summed E-state index contributed by atoms with van der Waals surface area (Å²) in [7, 11) is 2.03. The summed E-state index contributed by atoms with van der Waals surface area (Å²) in [5.74, 6) is 0.831. The molecule has 152 valence electrons. The van der Waals surface area contributed by atoms with Crippen LogP contribution in [0.5, 0.6) is 5.75 Å². The summed E-state index contributed by atoms with van der Waals surface area (Å²) in [5.41, 5.74) is 3.67. The van der Waals surface area contributed by atoms with Crippen molar-refractivity contribution in [1.82, 2.24) is 19.8 Å². The monoisotopic (exact) mass is 384 g/mol. The van der Waals surface area contributed by atoms with E-state index in [2.05, 4.69) is 31.9 Å². The number of benzene rings is 1. The van der Waals surface area contributed by atoms with Crippen LogP contribution < -0.4 is 10.1 Å². The highest BCUT2D eigenvalue weighted by Crippen LogP contribution is 2.20. The van der Waals surface area contributed by atoms with Crippen LogP contribution in [0.25, 0.3) is 0 Å². The summed E-state index contributed by atoms with van der Waals surface area (Å²) in [4.78, 5) is 6.72. The van der Waals surface area contributed by atoms with Crippen LogP contribution in [-0.4, -0.2) is 51.4 Å². The molecule has 2 heterocycles. The van der Waals surface area contributed by atoms with E-state index in [4.69, 9.17) is 4.74 Å². The molecule has 28 heavy (non-hydrogen) atoms. The normalized spacial score (nSPS) is 18.9. The van der Waals surface area contributed by atoms with Crippen LogP contribution in [0.1, 0.15) is 42.6 Å². The number of hydrogen-bond donors (Lipinski definition) is 2. The summed E-state index contributed by atoms with van der Waals surface area (Å²) < 4.78 is 7.96. The van der Waals surface area contributed by atoms with Gasteiger partial charge in [0.2, 0.25) is 0 Å². The van der Waals surface area contributed by atoms with E-state index in [-0.39, 0.29) is 0 Å². The lowest BCUT2D eigenvalue weighted by molar-refractivity contribution is 0.0628. The van der Waals surface area contributed by atoms with Gasteiger partial charge in [-0.1, -0.05) is 25.0 Å². The van der Waals surface area contributed by atoms with Crippen molar-refractivity contribution in [3.63, 3.8) is 0 Å². The number of imidazole rings is 1. The molecule has 2 aromatic rings. The molecule has 0 radical (unpaired) electrons. The fourth-order valence-corrected chi connectivity index (χ4v) is 4.31. The minimum absolute atomic E-state index is 0.314. The number of ether oxygens (including phenoxy) is 1. The first-order valence-corrected chi connectivity index (χ1v) is 10.5. The number of aliphatic hydroxyl groups excluding tert-OH is 1. The molecule has 1 aliphatic heterocycles. The van der Waals surface area contributed by atoms with E-state index in [0.29, 0.717) is 19.2 Å². The van der Waals surface area contributed by atoms with E-state index in [9.17, 15) is 5.11 Å². The van der Waals surface area contributed by atoms with Crippen molar-refractivity contribution in [3.8, 4) is 5.75 Å². The Labute approximate surface area is 167 Å². The van der Waals surface area contributed by atoms with Gasteiger partial charge in [-0.3, -0.25) is 4.90 Å². The SMILES string of the molecule is Cn1cnc2c1CN(C[C@@H](O)COc1cccc(CNC3CCCC3)c1)CC2. The Morgan fingerprint density at radius 3 is 3.04 bits per heavy atom. The van der Waals surface area contributed by atoms with Crippen molar-refractivity contribution in [2.75, 3.05) is 19.7 Å². The number of nitrogens with one attached hydrogen (secondary N) is 1. The Balaban J connectivity index is 1.23. The van der Waals surface area contributed by atoms with Crippen LogP contribution in [-0.2, 0) is 26.6 Å². The molecule has 0 saturated heterocycles. The van der Waals surface area contributed by atoms with Gasteiger partial charge >= 0.3 is 0 Å². The van der Waals surface area contributed by atoms with Gasteiger partial charge in [-0.05, 0) is 30.5 Å². The van der Waals surface area contributed by atoms with E-state index in [1.165, 1.54) is 42.6 Å². The third-order valence-electron chi connectivity index (χ3n) is 5.94. The molecule has 0 unspecified atom stereocenters. The molecule has 6 heteroatoms. The van der Waals surface area contributed by atoms with Gasteiger partial charge in [-0.15, -0.1) is 0 Å². The summed E-state index contributed by atoms with van der Waals surface area (Å²) >= 11 is 0. The largest absolute Gasteiger partial charge is 0.491 e. The third kappa shape index (κ3) is 4.93. The average molecular weight is 385 g/mol. The fraction of sp³-hybridized carbons (Fsp3) is 0.591. The molecule has 0 amide bonds. The summed E-state index contributed by atoms with van der Waals surface area (Å²) in [5, 5.41) is 14.1. The topological polar surface area (TPSA) is 62.6 Å². The zero-order chi connectivity index (χ0) is 19.3. The number of aromatic nitrogens is 2. The van der Waals surface area contributed by atoms with Gasteiger partial charge in [-0.2, -0.15) is 0 Å². The van der Waals surface area contributed by atoms with Crippen molar-refractivity contribution in [2.45, 2.75) is 57.3 Å². The highest BCUT2D eigenvalue weighted by molar-refractivity contribution is 5.28. The van der Waals surface area contributed by atoms with Gasteiger partial charge in [0.25, 0.3) is 0 Å². The Morgan fingerprint density at radius 1 is 1.32 bits per heavy atom. The number of aliphatic hydroxyl groups is 1. The van der Waals surface area contributed by atoms with Crippen LogP contribution in [0.4, 0.5) is 0 Å². The van der Waals surface area contributed by atoms with Gasteiger partial charge in [-0.25, -0.2) is 4.98 Å². The van der Waals surface area contributed by atoms with Crippen LogP contribution in [0, 0.1) is 0 Å². The molecule has 2 N–H and O–H groups in total. The Kier molecular flexibility index (Phi) is 6.29. The lowest BCUT2D eigenvalue weighted by Gasteiger charge is -2.28. The zero-order valence-corrected chi connectivity index (χ0v) is 16.8. The molecule has 1 aliphatic carbocycles. The minimum atomic E-state index is -0.505. The van der Waals surface area contributed by atoms with E-state index >= 15 is 0 Å². The number of fused-ring (bicyclic) bond motifs is 1. The highest BCUT2D eigenvalue weighted by atomic mass is 16.5. The van der Waals surface area contributed by atoms with Gasteiger partial charge in [0.15, 0.2) is 0 Å². The second kappa shape index (κ2) is 9.07. The lowest BCUT2D eigenvalue weighted by Crippen LogP contribution is -2.39. The van der Waals surface area contributed by atoms with Crippen molar-refractivity contribution < 1.29 is 9.84 Å². The first kappa shape index (κ1) is 19.4. The van der Waals surface area contributed by atoms with Crippen LogP contribution in [0.15, 0.2) is 30.6 Å². The van der Waals surface area contributed by atoms with Gasteiger partial charge in [0, 0.05) is 45.7 Å². The Morgan fingerprint density at radius 2 is 2.18 bits per heavy atom. The molecule has 4 rings (SSSR count). The number of β-amino-alcohol motifs (C(OH)–C–C–N with tert-alkyl or cyclic N) is 1. The molecular weight excluding hydrogens is 352 g/mol. The second-order valence-electron chi connectivity index (χ2n) is 8.21. The fourth-order valence-electron chi connectivity index (χ4n) is 4.31. The van der Waals surface area contributed by atoms with Crippen molar-refractivity contribution in [1.29, 1.82) is 0 Å². The average Bonchev–Trinajstić information content (AvgIpc) is 3.35. The molecule has 1 fully saturated rings. The zero-order valence-electron chi connectivity index (χ0n) is 16.8. The highest BCUT2D eigenvalue weighted by Gasteiger charge is 2.22. The van der Waals surface area contributed by atoms with Crippen molar-refractivity contribution >= 4 is 0 Å². The van der Waals surface area contributed by atoms with E-state index < -0.39 is 6.10 Å². The third-order valence-corrected chi connectivity index (χ3v) is 5.94. The van der Waals surface area contributed by atoms with Gasteiger partial charge in [0.1, 0.15) is 18.5 Å². The van der Waals surface area contributed by atoms with Crippen molar-refractivity contribution in [3.05, 3.63) is 47.5 Å². The number of nitrogens with zero attached hydrogens (tertiary/aromatic N) is 3. The Bertz CT molecular complexity index is 770. The maximum absolute atomic E-state index is 10.4. The van der Waals surface area contributed by atoms with E-state index in [1.807, 2.05) is 25.5 Å². The predicted molar refractivity (Wildman–Crippen MR) is 109 cm³/mol. The quantitative estimate of drug-likeness (QED) is 0.731. The standard InChI is InChI=1S/C22H32N4O2/c1-25-16-24-21-9-10-26(14-22(21)25)13-19(27)15-28-20-8-4-5-17(11-20)12-23-18-6-2-3-7-18/h4-5,8,11,16,18-19,23,27H,2-3,6-7,9-10,12-15H2,1H3/t19-/m1/s1. The van der Waals surface area contributed by atoms with Crippen LogP contribution >= 0.6 is 0 Å². The molecule has 1 aromatic heterocycles.